The Balaban J connectivity index is 1.82. The van der Waals surface area contributed by atoms with Crippen molar-refractivity contribution in [2.24, 2.45) is 11.8 Å². The lowest BCUT2D eigenvalue weighted by Gasteiger charge is -2.07. The summed E-state index contributed by atoms with van der Waals surface area (Å²) in [5.41, 5.74) is 0. The number of methoxy groups -OCH3 is 1. The Kier molecular flexibility index (Phi) is 2.05. The molecule has 0 radical (unpaired) electrons. The van der Waals surface area contributed by atoms with E-state index in [0.29, 0.717) is 12.0 Å². The molecule has 1 saturated carbocycles. The van der Waals surface area contributed by atoms with Crippen LogP contribution in [0.2, 0.25) is 0 Å². The first-order chi connectivity index (χ1) is 5.83. The molecule has 1 heterocycles. The van der Waals surface area contributed by atoms with Crippen molar-refractivity contribution in [3.8, 4) is 0 Å². The highest BCUT2D eigenvalue weighted by Crippen LogP contribution is 2.44. The van der Waals surface area contributed by atoms with Crippen molar-refractivity contribution in [1.82, 2.24) is 5.32 Å². The molecule has 0 bridgehead atoms. The van der Waals surface area contributed by atoms with Crippen LogP contribution in [0.1, 0.15) is 19.3 Å². The monoisotopic (exact) mass is 169 g/mol. The average molecular weight is 169 g/mol. The molecule has 0 amide bonds. The van der Waals surface area contributed by atoms with Gasteiger partial charge in [0.2, 0.25) is 0 Å². The normalized spacial score (nSPS) is 39.6. The van der Waals surface area contributed by atoms with Gasteiger partial charge in [-0.25, -0.2) is 0 Å². The van der Waals surface area contributed by atoms with Crippen LogP contribution >= 0.6 is 0 Å². The third-order valence-electron chi connectivity index (χ3n) is 2.96. The average Bonchev–Trinajstić information content (AvgIpc) is 2.71. The van der Waals surface area contributed by atoms with Gasteiger partial charge in [0, 0.05) is 6.04 Å². The fourth-order valence-corrected chi connectivity index (χ4v) is 2.16. The minimum atomic E-state index is -0.0197. The highest BCUT2D eigenvalue weighted by molar-refractivity contribution is 5.75. The van der Waals surface area contributed by atoms with Gasteiger partial charge < -0.3 is 10.1 Å². The maximum atomic E-state index is 11.1. The molecule has 3 atom stereocenters. The minimum absolute atomic E-state index is 0.0197. The van der Waals surface area contributed by atoms with E-state index in [1.807, 2.05) is 0 Å². The van der Waals surface area contributed by atoms with Crippen molar-refractivity contribution in [3.63, 3.8) is 0 Å². The summed E-state index contributed by atoms with van der Waals surface area (Å²) in [5.74, 6) is 0.749. The minimum Gasteiger partial charge on any atom is -0.469 e. The largest absolute Gasteiger partial charge is 0.469 e. The van der Waals surface area contributed by atoms with Crippen LogP contribution in [0, 0.1) is 11.8 Å². The molecule has 3 heteroatoms. The second-order valence-electron chi connectivity index (χ2n) is 3.73. The van der Waals surface area contributed by atoms with E-state index >= 15 is 0 Å². The molecule has 1 aliphatic heterocycles. The molecule has 1 aliphatic carbocycles. The Morgan fingerprint density at radius 3 is 3.00 bits per heavy atom. The smallest absolute Gasteiger partial charge is 0.309 e. The van der Waals surface area contributed by atoms with Crippen LogP contribution in [-0.4, -0.2) is 25.7 Å². The maximum Gasteiger partial charge on any atom is 0.309 e. The van der Waals surface area contributed by atoms with Crippen LogP contribution in [0.3, 0.4) is 0 Å². The van der Waals surface area contributed by atoms with Gasteiger partial charge >= 0.3 is 5.97 Å². The number of carbonyl (C=O) groups is 1. The van der Waals surface area contributed by atoms with Gasteiger partial charge in [-0.05, 0) is 31.7 Å². The Morgan fingerprint density at radius 1 is 1.58 bits per heavy atom. The molecule has 2 unspecified atom stereocenters. The van der Waals surface area contributed by atoms with E-state index in [4.69, 9.17) is 4.74 Å². The zero-order chi connectivity index (χ0) is 8.55. The number of rotatable bonds is 2. The highest BCUT2D eigenvalue weighted by atomic mass is 16.5. The number of hydrogen-bond acceptors (Lipinski definition) is 3. The van der Waals surface area contributed by atoms with Gasteiger partial charge in [-0.1, -0.05) is 0 Å². The first-order valence-corrected chi connectivity index (χ1v) is 4.64. The van der Waals surface area contributed by atoms with Crippen LogP contribution < -0.4 is 5.32 Å². The Labute approximate surface area is 72.5 Å². The zero-order valence-electron chi connectivity index (χ0n) is 7.38. The van der Waals surface area contributed by atoms with Gasteiger partial charge in [0.15, 0.2) is 0 Å². The van der Waals surface area contributed by atoms with Crippen LogP contribution in [-0.2, 0) is 9.53 Å². The van der Waals surface area contributed by atoms with E-state index in [-0.39, 0.29) is 11.9 Å². The molecule has 2 rings (SSSR count). The third-order valence-corrected chi connectivity index (χ3v) is 2.96. The Bertz CT molecular complexity index is 187. The number of esters is 1. The summed E-state index contributed by atoms with van der Waals surface area (Å²) in [7, 11) is 1.47. The predicted octanol–water partition coefficient (Wildman–Crippen LogP) is 0.547. The molecule has 0 aromatic heterocycles. The van der Waals surface area contributed by atoms with Gasteiger partial charge in [-0.2, -0.15) is 0 Å². The fraction of sp³-hybridized carbons (Fsp3) is 0.889. The number of hydrogen-bond donors (Lipinski definition) is 1. The van der Waals surface area contributed by atoms with Gasteiger partial charge in [-0.15, -0.1) is 0 Å². The van der Waals surface area contributed by atoms with E-state index in [2.05, 4.69) is 5.32 Å². The van der Waals surface area contributed by atoms with E-state index in [9.17, 15) is 4.79 Å². The van der Waals surface area contributed by atoms with Gasteiger partial charge in [0.05, 0.1) is 13.0 Å². The molecule has 3 nitrogen and oxygen atoms in total. The lowest BCUT2D eigenvalue weighted by atomic mass is 10.1. The fourth-order valence-electron chi connectivity index (χ4n) is 2.16. The lowest BCUT2D eigenvalue weighted by molar-refractivity contribution is -0.142. The molecule has 1 saturated heterocycles. The quantitative estimate of drug-likeness (QED) is 0.613. The second kappa shape index (κ2) is 3.05. The Hall–Kier alpha value is -0.570. The van der Waals surface area contributed by atoms with Gasteiger partial charge in [0.1, 0.15) is 0 Å². The van der Waals surface area contributed by atoms with E-state index < -0.39 is 0 Å². The Morgan fingerprint density at radius 2 is 2.42 bits per heavy atom. The summed E-state index contributed by atoms with van der Waals surface area (Å²) in [6.07, 6.45) is 3.53. The van der Waals surface area contributed by atoms with Gasteiger partial charge in [0.25, 0.3) is 0 Å². The molecule has 2 aliphatic rings. The third kappa shape index (κ3) is 1.33. The molecule has 2 fully saturated rings. The first kappa shape index (κ1) is 8.05. The first-order valence-electron chi connectivity index (χ1n) is 4.64. The van der Waals surface area contributed by atoms with E-state index in [0.717, 1.165) is 13.0 Å². The standard InChI is InChI=1S/C9H15NO2/c1-12-9(11)7-5-6(7)8-3-2-4-10-8/h6-8,10H,2-5H2,1H3/t6?,7?,8-/m0/s1. The van der Waals surface area contributed by atoms with Crippen LogP contribution in [0.15, 0.2) is 0 Å². The maximum absolute atomic E-state index is 11.1. The molecule has 68 valence electrons. The van der Waals surface area contributed by atoms with Crippen LogP contribution in [0.25, 0.3) is 0 Å². The molecule has 0 aromatic rings. The van der Waals surface area contributed by atoms with Crippen molar-refractivity contribution in [2.45, 2.75) is 25.3 Å². The topological polar surface area (TPSA) is 38.3 Å². The van der Waals surface area contributed by atoms with Crippen molar-refractivity contribution in [3.05, 3.63) is 0 Å². The molecular weight excluding hydrogens is 154 g/mol. The van der Waals surface area contributed by atoms with Gasteiger partial charge in [-0.3, -0.25) is 4.79 Å². The van der Waals surface area contributed by atoms with E-state index in [1.54, 1.807) is 0 Å². The summed E-state index contributed by atoms with van der Waals surface area (Å²) < 4.78 is 4.70. The van der Waals surface area contributed by atoms with Crippen molar-refractivity contribution in [2.75, 3.05) is 13.7 Å². The molecule has 1 N–H and O–H groups in total. The van der Waals surface area contributed by atoms with Crippen LogP contribution in [0.4, 0.5) is 0 Å². The summed E-state index contributed by atoms with van der Waals surface area (Å²) >= 11 is 0. The SMILES string of the molecule is COC(=O)C1CC1[C@@H]1CCCN1. The molecule has 12 heavy (non-hydrogen) atoms. The number of nitrogens with one attached hydrogen (secondary N) is 1. The van der Waals surface area contributed by atoms with Crippen molar-refractivity contribution >= 4 is 5.97 Å². The molecular formula is C9H15NO2. The summed E-state index contributed by atoms with van der Waals surface area (Å²) in [6.45, 7) is 1.12. The summed E-state index contributed by atoms with van der Waals surface area (Å²) in [5, 5.41) is 3.42. The zero-order valence-corrected chi connectivity index (χ0v) is 7.38. The van der Waals surface area contributed by atoms with Crippen LogP contribution in [0.5, 0.6) is 0 Å². The summed E-state index contributed by atoms with van der Waals surface area (Å²) in [4.78, 5) is 11.1. The highest BCUT2D eigenvalue weighted by Gasteiger charge is 2.48. The van der Waals surface area contributed by atoms with Crippen molar-refractivity contribution < 1.29 is 9.53 Å². The van der Waals surface area contributed by atoms with Crippen molar-refractivity contribution in [1.29, 1.82) is 0 Å². The number of ether oxygens (including phenoxy) is 1. The molecule has 0 spiro atoms. The second-order valence-corrected chi connectivity index (χ2v) is 3.73. The molecule has 0 aromatic carbocycles. The van der Waals surface area contributed by atoms with E-state index in [1.165, 1.54) is 20.0 Å². The lowest BCUT2D eigenvalue weighted by Crippen LogP contribution is -2.25. The summed E-state index contributed by atoms with van der Waals surface area (Å²) in [6, 6.07) is 0.592. The predicted molar refractivity (Wildman–Crippen MR) is 44.6 cm³/mol. The number of carbonyl (C=O) groups excluding carboxylic acids is 1.